The Morgan fingerprint density at radius 1 is 0.742 bits per heavy atom. The second-order valence-electron chi connectivity index (χ2n) is 9.46. The highest BCUT2D eigenvalue weighted by atomic mass is 16.1. The maximum Gasteiger partial charge on any atom is 0.196 e. The lowest BCUT2D eigenvalue weighted by atomic mass is 9.82. The molecule has 0 aromatic heterocycles. The first-order chi connectivity index (χ1) is 15.2. The zero-order chi connectivity index (χ0) is 21.2. The molecule has 2 aliphatic heterocycles. The third-order valence-electron chi connectivity index (χ3n) is 7.57. The van der Waals surface area contributed by atoms with E-state index in [1.54, 1.807) is 12.1 Å². The van der Waals surface area contributed by atoms with E-state index in [1.165, 1.54) is 58.0 Å². The molecule has 4 nitrogen and oxygen atoms in total. The first-order valence-electron chi connectivity index (χ1n) is 12.0. The summed E-state index contributed by atoms with van der Waals surface area (Å²) in [4.78, 5) is 28.6. The van der Waals surface area contributed by atoms with Crippen molar-refractivity contribution in [2.24, 2.45) is 11.8 Å². The topological polar surface area (TPSA) is 49.4 Å². The number of carbonyl (C=O) groups is 2. The highest BCUT2D eigenvalue weighted by Gasteiger charge is 2.33. The van der Waals surface area contributed by atoms with Gasteiger partial charge in [0.2, 0.25) is 0 Å². The first kappa shape index (κ1) is 20.4. The second kappa shape index (κ2) is 8.96. The van der Waals surface area contributed by atoms with Crippen molar-refractivity contribution in [3.63, 3.8) is 0 Å². The molecule has 0 atom stereocenters. The summed E-state index contributed by atoms with van der Waals surface area (Å²) < 4.78 is 0. The Balaban J connectivity index is 1.24. The fraction of sp³-hybridized carbons (Fsp3) is 0.481. The molecule has 4 heteroatoms. The molecule has 1 aliphatic carbocycles. The number of anilines is 1. The van der Waals surface area contributed by atoms with E-state index in [9.17, 15) is 9.59 Å². The zero-order valence-corrected chi connectivity index (χ0v) is 18.2. The van der Waals surface area contributed by atoms with Gasteiger partial charge in [-0.2, -0.15) is 0 Å². The van der Waals surface area contributed by atoms with Crippen LogP contribution >= 0.6 is 0 Å². The Hall–Kier alpha value is -2.46. The molecular formula is C27H32N2O2. The Labute approximate surface area is 185 Å². The summed E-state index contributed by atoms with van der Waals surface area (Å²) in [6.45, 7) is 4.32. The molecule has 0 amide bonds. The predicted octanol–water partition coefficient (Wildman–Crippen LogP) is 4.85. The molecule has 0 spiro atoms. The quantitative estimate of drug-likeness (QED) is 0.646. The predicted molar refractivity (Wildman–Crippen MR) is 124 cm³/mol. The summed E-state index contributed by atoms with van der Waals surface area (Å²) in [7, 11) is 0. The van der Waals surface area contributed by atoms with Gasteiger partial charge < -0.3 is 10.2 Å². The smallest absolute Gasteiger partial charge is 0.196 e. The number of ketones is 2. The molecule has 2 fully saturated rings. The van der Waals surface area contributed by atoms with E-state index < -0.39 is 0 Å². The number of carbonyl (C=O) groups excluding carboxylic acids is 2. The van der Waals surface area contributed by atoms with E-state index in [2.05, 4.69) is 10.2 Å². The van der Waals surface area contributed by atoms with Crippen LogP contribution in [0.25, 0.3) is 0 Å². The van der Waals surface area contributed by atoms with E-state index in [1.807, 2.05) is 30.3 Å². The van der Waals surface area contributed by atoms with Crippen LogP contribution in [-0.2, 0) is 0 Å². The van der Waals surface area contributed by atoms with Crippen LogP contribution in [-0.4, -0.2) is 37.7 Å². The number of nitrogens with zero attached hydrogens (tertiary/aromatic N) is 1. The average molecular weight is 417 g/mol. The molecular weight excluding hydrogens is 384 g/mol. The minimum Gasteiger partial charge on any atom is -0.371 e. The maximum absolute atomic E-state index is 13.3. The van der Waals surface area contributed by atoms with Gasteiger partial charge in [-0.25, -0.2) is 0 Å². The minimum absolute atomic E-state index is 0.00936. The minimum atomic E-state index is -0.0279. The number of piperidine rings is 2. The van der Waals surface area contributed by atoms with Gasteiger partial charge >= 0.3 is 0 Å². The van der Waals surface area contributed by atoms with Gasteiger partial charge in [-0.15, -0.1) is 0 Å². The van der Waals surface area contributed by atoms with Crippen LogP contribution in [0.3, 0.4) is 0 Å². The van der Waals surface area contributed by atoms with Crippen LogP contribution in [0.15, 0.2) is 42.5 Å². The summed E-state index contributed by atoms with van der Waals surface area (Å²) in [6, 6.07) is 13.0. The monoisotopic (exact) mass is 416 g/mol. The molecule has 2 aromatic rings. The lowest BCUT2D eigenvalue weighted by Gasteiger charge is -2.36. The van der Waals surface area contributed by atoms with E-state index in [0.29, 0.717) is 22.3 Å². The summed E-state index contributed by atoms with van der Waals surface area (Å²) in [5.41, 5.74) is 3.18. The maximum atomic E-state index is 13.3. The number of hydrogen-bond acceptors (Lipinski definition) is 4. The molecule has 3 aliphatic rings. The van der Waals surface area contributed by atoms with E-state index in [-0.39, 0.29) is 11.6 Å². The van der Waals surface area contributed by atoms with Gasteiger partial charge in [0.25, 0.3) is 0 Å². The van der Waals surface area contributed by atoms with Crippen molar-refractivity contribution in [1.82, 2.24) is 5.32 Å². The van der Waals surface area contributed by atoms with Crippen LogP contribution in [0.5, 0.6) is 0 Å². The Kier molecular flexibility index (Phi) is 5.91. The molecule has 1 N–H and O–H groups in total. The van der Waals surface area contributed by atoms with Gasteiger partial charge in [0, 0.05) is 35.5 Å². The van der Waals surface area contributed by atoms with Crippen molar-refractivity contribution in [2.45, 2.75) is 44.9 Å². The number of nitrogens with one attached hydrogen (secondary N) is 1. The molecule has 2 aromatic carbocycles. The lowest BCUT2D eigenvalue weighted by molar-refractivity contribution is 0.0979. The fourth-order valence-electron chi connectivity index (χ4n) is 5.72. The van der Waals surface area contributed by atoms with Gasteiger partial charge in [0.15, 0.2) is 11.6 Å². The molecule has 0 unspecified atom stereocenters. The molecule has 2 heterocycles. The molecule has 162 valence electrons. The van der Waals surface area contributed by atoms with E-state index in [4.69, 9.17) is 0 Å². The molecule has 0 bridgehead atoms. The Bertz CT molecular complexity index is 969. The third kappa shape index (κ3) is 4.06. The molecule has 0 radical (unpaired) electrons. The zero-order valence-electron chi connectivity index (χ0n) is 18.2. The standard InChI is InChI=1S/C27H32N2O2/c30-26-21-7-1-2-8-22(21)27(31)25-23(26)9-4-10-24(25)29-17-13-20(14-18-29)6-3-5-19-11-15-28-16-12-19/h1-2,4,7-10,19-20,28H,3,5-6,11-18H2. The Morgan fingerprint density at radius 2 is 1.35 bits per heavy atom. The van der Waals surface area contributed by atoms with E-state index in [0.717, 1.165) is 30.6 Å². The van der Waals surface area contributed by atoms with Crippen molar-refractivity contribution >= 4 is 17.3 Å². The number of fused-ring (bicyclic) bond motifs is 2. The highest BCUT2D eigenvalue weighted by molar-refractivity contribution is 6.30. The second-order valence-corrected chi connectivity index (χ2v) is 9.46. The molecule has 5 rings (SSSR count). The van der Waals surface area contributed by atoms with Crippen LogP contribution in [0.1, 0.15) is 76.8 Å². The van der Waals surface area contributed by atoms with Crippen molar-refractivity contribution in [3.8, 4) is 0 Å². The van der Waals surface area contributed by atoms with Crippen molar-refractivity contribution in [3.05, 3.63) is 64.7 Å². The fourth-order valence-corrected chi connectivity index (χ4v) is 5.72. The van der Waals surface area contributed by atoms with Crippen LogP contribution in [0.2, 0.25) is 0 Å². The summed E-state index contributed by atoms with van der Waals surface area (Å²) in [5, 5.41) is 3.46. The van der Waals surface area contributed by atoms with Crippen LogP contribution in [0.4, 0.5) is 5.69 Å². The number of hydrogen-bond donors (Lipinski definition) is 1. The van der Waals surface area contributed by atoms with Gasteiger partial charge in [-0.05, 0) is 56.7 Å². The van der Waals surface area contributed by atoms with Gasteiger partial charge in [-0.1, -0.05) is 55.7 Å². The van der Waals surface area contributed by atoms with Gasteiger partial charge in [-0.3, -0.25) is 9.59 Å². The normalized spacial score (nSPS) is 19.9. The summed E-state index contributed by atoms with van der Waals surface area (Å²) in [6.07, 6.45) is 9.09. The van der Waals surface area contributed by atoms with E-state index >= 15 is 0 Å². The first-order valence-corrected chi connectivity index (χ1v) is 12.0. The molecule has 31 heavy (non-hydrogen) atoms. The van der Waals surface area contributed by atoms with Gasteiger partial charge in [0.05, 0.1) is 5.56 Å². The summed E-state index contributed by atoms with van der Waals surface area (Å²) in [5.74, 6) is 1.67. The lowest BCUT2D eigenvalue weighted by Crippen LogP contribution is -2.36. The van der Waals surface area contributed by atoms with Crippen LogP contribution < -0.4 is 10.2 Å². The molecule has 0 saturated carbocycles. The number of benzene rings is 2. The van der Waals surface area contributed by atoms with Crippen molar-refractivity contribution in [2.75, 3.05) is 31.1 Å². The average Bonchev–Trinajstić information content (AvgIpc) is 2.83. The molecule has 2 saturated heterocycles. The third-order valence-corrected chi connectivity index (χ3v) is 7.57. The summed E-state index contributed by atoms with van der Waals surface area (Å²) >= 11 is 0. The van der Waals surface area contributed by atoms with Crippen LogP contribution in [0, 0.1) is 11.8 Å². The Morgan fingerprint density at radius 3 is 2.06 bits per heavy atom. The van der Waals surface area contributed by atoms with Gasteiger partial charge in [0.1, 0.15) is 0 Å². The highest BCUT2D eigenvalue weighted by Crippen LogP contribution is 2.36. The van der Waals surface area contributed by atoms with Crippen molar-refractivity contribution in [1.29, 1.82) is 0 Å². The van der Waals surface area contributed by atoms with Crippen molar-refractivity contribution < 1.29 is 9.59 Å². The largest absolute Gasteiger partial charge is 0.371 e. The number of rotatable bonds is 5. The SMILES string of the molecule is O=C1c2ccccc2C(=O)c2c1cccc2N1CCC(CCCC2CCNCC2)CC1.